The van der Waals surface area contributed by atoms with E-state index in [2.05, 4.69) is 4.98 Å². The summed E-state index contributed by atoms with van der Waals surface area (Å²) in [7, 11) is 5.48. The molecule has 8 heteroatoms. The third kappa shape index (κ3) is 2.27. The molecule has 1 aliphatic rings. The molecule has 2 aromatic rings. The molecule has 0 aliphatic heterocycles. The molecule has 1 aliphatic carbocycles. The second-order valence-electron chi connectivity index (χ2n) is 5.82. The number of rotatable bonds is 1. The van der Waals surface area contributed by atoms with Crippen molar-refractivity contribution in [2.75, 3.05) is 0 Å². The normalized spacial score (nSPS) is 26.0. The van der Waals surface area contributed by atoms with Gasteiger partial charge in [-0.25, -0.2) is 4.79 Å². The minimum absolute atomic E-state index is 0.0545. The largest absolute Gasteiger partial charge is 0.418 e. The van der Waals surface area contributed by atoms with Crippen molar-refractivity contribution in [3.8, 4) is 0 Å². The molecule has 0 atom stereocenters. The van der Waals surface area contributed by atoms with Crippen molar-refractivity contribution in [3.05, 3.63) is 28.2 Å². The van der Waals surface area contributed by atoms with Crippen LogP contribution < -0.4 is 11.2 Å². The van der Waals surface area contributed by atoms with Crippen molar-refractivity contribution in [1.29, 1.82) is 0 Å². The number of aromatic amines is 1. The fraction of sp³-hybridized carbons (Fsp3) is 0.462. The number of fused-ring (bicyclic) bond motifs is 1. The van der Waals surface area contributed by atoms with E-state index < -0.39 is 29.1 Å². The zero-order valence-electron chi connectivity index (χ0n) is 11.2. The Labute approximate surface area is 119 Å². The second kappa shape index (κ2) is 4.16. The first-order valence-electron chi connectivity index (χ1n) is 6.42. The van der Waals surface area contributed by atoms with Gasteiger partial charge in [-0.15, -0.1) is 0 Å². The van der Waals surface area contributed by atoms with E-state index in [0.717, 1.165) is 10.6 Å². The van der Waals surface area contributed by atoms with E-state index in [0.29, 0.717) is 0 Å². The summed E-state index contributed by atoms with van der Waals surface area (Å²) in [4.78, 5) is 14.4. The van der Waals surface area contributed by atoms with Gasteiger partial charge < -0.3 is 10.1 Å². The highest BCUT2D eigenvalue weighted by Gasteiger charge is 2.42. The van der Waals surface area contributed by atoms with Crippen LogP contribution in [0.1, 0.15) is 31.4 Å². The number of benzene rings is 1. The summed E-state index contributed by atoms with van der Waals surface area (Å²) in [5.41, 5.74) is -2.73. The Balaban J connectivity index is 2.26. The first-order chi connectivity index (χ1) is 9.58. The number of nitrogens with zero attached hydrogens (tertiary/aromatic N) is 1. The van der Waals surface area contributed by atoms with Gasteiger partial charge >= 0.3 is 11.9 Å². The zero-order valence-corrected chi connectivity index (χ0v) is 11.2. The molecule has 1 fully saturated rings. The molecule has 0 spiro atoms. The van der Waals surface area contributed by atoms with Gasteiger partial charge in [-0.2, -0.15) is 13.2 Å². The summed E-state index contributed by atoms with van der Waals surface area (Å²) in [6, 6.07) is 1.67. The van der Waals surface area contributed by atoms with Crippen LogP contribution in [0.3, 0.4) is 0 Å². The van der Waals surface area contributed by atoms with Crippen molar-refractivity contribution < 1.29 is 18.3 Å². The summed E-state index contributed by atoms with van der Waals surface area (Å²) < 4.78 is 40.6. The molecule has 0 bridgehead atoms. The molecular formula is C13H12BF3N2O2. The molecule has 1 saturated carbocycles. The molecule has 1 aromatic carbocycles. The predicted molar refractivity (Wildman–Crippen MR) is 71.8 cm³/mol. The van der Waals surface area contributed by atoms with E-state index in [1.807, 2.05) is 0 Å². The van der Waals surface area contributed by atoms with E-state index in [1.165, 1.54) is 6.07 Å². The molecule has 21 heavy (non-hydrogen) atoms. The molecule has 1 aromatic heterocycles. The van der Waals surface area contributed by atoms with Gasteiger partial charge in [-0.3, -0.25) is 4.57 Å². The van der Waals surface area contributed by atoms with Crippen LogP contribution in [0.2, 0.25) is 0 Å². The lowest BCUT2D eigenvalue weighted by molar-refractivity contribution is -0.136. The third-order valence-electron chi connectivity index (χ3n) is 3.85. The van der Waals surface area contributed by atoms with Gasteiger partial charge in [-0.1, -0.05) is 11.5 Å². The van der Waals surface area contributed by atoms with Crippen molar-refractivity contribution in [2.45, 2.75) is 37.6 Å². The van der Waals surface area contributed by atoms with E-state index in [1.54, 1.807) is 6.92 Å². The van der Waals surface area contributed by atoms with Crippen LogP contribution in [-0.2, 0) is 6.18 Å². The topological polar surface area (TPSA) is 58.0 Å². The van der Waals surface area contributed by atoms with Crippen LogP contribution in [0.5, 0.6) is 0 Å². The Bertz CT molecular complexity index is 768. The number of aromatic nitrogens is 2. The summed E-state index contributed by atoms with van der Waals surface area (Å²) in [6.45, 7) is 1.59. The van der Waals surface area contributed by atoms with Crippen LogP contribution in [0.25, 0.3) is 11.0 Å². The molecule has 4 nitrogen and oxygen atoms in total. The van der Waals surface area contributed by atoms with Crippen LogP contribution in [-0.4, -0.2) is 28.1 Å². The fourth-order valence-electron chi connectivity index (χ4n) is 2.99. The minimum atomic E-state index is -4.61. The number of hydrogen-bond acceptors (Lipinski definition) is 2. The lowest BCUT2D eigenvalue weighted by Gasteiger charge is -2.41. The van der Waals surface area contributed by atoms with Crippen molar-refractivity contribution >= 4 is 24.3 Å². The smallest absolute Gasteiger partial charge is 0.390 e. The van der Waals surface area contributed by atoms with Gasteiger partial charge in [-0.05, 0) is 25.8 Å². The summed E-state index contributed by atoms with van der Waals surface area (Å²) in [5.74, 6) is 0. The zero-order chi connectivity index (χ0) is 15.6. The number of H-pyrrole nitrogens is 1. The van der Waals surface area contributed by atoms with Crippen molar-refractivity contribution in [2.24, 2.45) is 0 Å². The highest BCUT2D eigenvalue weighted by molar-refractivity contribution is 6.33. The Morgan fingerprint density at radius 1 is 1.43 bits per heavy atom. The van der Waals surface area contributed by atoms with Gasteiger partial charge in [0.1, 0.15) is 7.85 Å². The third-order valence-corrected chi connectivity index (χ3v) is 3.85. The number of aliphatic hydroxyl groups is 1. The first-order valence-corrected chi connectivity index (χ1v) is 6.42. The van der Waals surface area contributed by atoms with Gasteiger partial charge in [0.2, 0.25) is 0 Å². The molecule has 2 N–H and O–H groups in total. The quantitative estimate of drug-likeness (QED) is 0.778. The number of halogens is 3. The maximum atomic E-state index is 13.2. The van der Waals surface area contributed by atoms with Gasteiger partial charge in [0.15, 0.2) is 0 Å². The van der Waals surface area contributed by atoms with Gasteiger partial charge in [0, 0.05) is 6.04 Å². The summed E-state index contributed by atoms with van der Waals surface area (Å²) in [5, 5.41) is 9.75. The molecule has 3 rings (SSSR count). The first kappa shape index (κ1) is 14.3. The lowest BCUT2D eigenvalue weighted by atomic mass is 9.77. The Morgan fingerprint density at radius 3 is 2.57 bits per heavy atom. The average Bonchev–Trinajstić information content (AvgIpc) is 2.58. The molecular weight excluding hydrogens is 284 g/mol. The van der Waals surface area contributed by atoms with Gasteiger partial charge in [0.25, 0.3) is 0 Å². The molecule has 0 saturated heterocycles. The highest BCUT2D eigenvalue weighted by atomic mass is 19.4. The Morgan fingerprint density at radius 2 is 2.05 bits per heavy atom. The Kier molecular flexibility index (Phi) is 2.82. The average molecular weight is 296 g/mol. The second-order valence-corrected chi connectivity index (χ2v) is 5.82. The molecule has 1 heterocycles. The Hall–Kier alpha value is -1.70. The standard InChI is InChI=1S/C13H12BF3N2O2/c1-12(21)4-7(5-12)19-10-8(13(15,16)17)2-6(14)3-9(10)18-11(19)20/h2-3,7,21H,4-5H2,1H3,(H,18,20). The van der Waals surface area contributed by atoms with Crippen LogP contribution >= 0.6 is 0 Å². The van der Waals surface area contributed by atoms with E-state index >= 15 is 0 Å². The lowest BCUT2D eigenvalue weighted by Crippen LogP contribution is -2.44. The summed E-state index contributed by atoms with van der Waals surface area (Å²) in [6.07, 6.45) is -4.14. The van der Waals surface area contributed by atoms with Gasteiger partial charge in [0.05, 0.1) is 22.2 Å². The van der Waals surface area contributed by atoms with Crippen molar-refractivity contribution in [1.82, 2.24) is 9.55 Å². The molecule has 110 valence electrons. The predicted octanol–water partition coefficient (Wildman–Crippen LogP) is 1.23. The maximum Gasteiger partial charge on any atom is 0.418 e. The molecule has 0 amide bonds. The maximum absolute atomic E-state index is 13.2. The van der Waals surface area contributed by atoms with Crippen LogP contribution in [0.15, 0.2) is 16.9 Å². The summed E-state index contributed by atoms with van der Waals surface area (Å²) >= 11 is 0. The number of nitrogens with one attached hydrogen (secondary N) is 1. The number of hydrogen-bond donors (Lipinski definition) is 2. The number of imidazole rings is 1. The van der Waals surface area contributed by atoms with Crippen LogP contribution in [0, 0.1) is 0 Å². The van der Waals surface area contributed by atoms with E-state index in [4.69, 9.17) is 7.85 Å². The highest BCUT2D eigenvalue weighted by Crippen LogP contribution is 2.43. The fourth-order valence-corrected chi connectivity index (χ4v) is 2.99. The van der Waals surface area contributed by atoms with Crippen molar-refractivity contribution in [3.63, 3.8) is 0 Å². The number of alkyl halides is 3. The van der Waals surface area contributed by atoms with E-state index in [9.17, 15) is 23.1 Å². The molecule has 0 unspecified atom stereocenters. The minimum Gasteiger partial charge on any atom is -0.390 e. The monoisotopic (exact) mass is 296 g/mol. The van der Waals surface area contributed by atoms with E-state index in [-0.39, 0.29) is 29.3 Å². The SMILES string of the molecule is [B]c1cc(C(F)(F)F)c2c(c1)[nH]c(=O)n2C1CC(C)(O)C1. The van der Waals surface area contributed by atoms with Crippen LogP contribution in [0.4, 0.5) is 13.2 Å². The molecule has 2 radical (unpaired) electrons.